The lowest BCUT2D eigenvalue weighted by atomic mass is 9.95. The summed E-state index contributed by atoms with van der Waals surface area (Å²) < 4.78 is 48.4. The first-order chi connectivity index (χ1) is 18.0. The predicted octanol–water partition coefficient (Wildman–Crippen LogP) is 6.95. The average molecular weight is 567 g/mol. The zero-order chi connectivity index (χ0) is 27.2. The lowest BCUT2D eigenvalue weighted by Crippen LogP contribution is -2.35. The molecule has 0 spiro atoms. The molecule has 2 aromatic heterocycles. The van der Waals surface area contributed by atoms with Gasteiger partial charge in [0.15, 0.2) is 11.7 Å². The van der Waals surface area contributed by atoms with Gasteiger partial charge in [-0.15, -0.1) is 11.3 Å². The Kier molecular flexibility index (Phi) is 7.17. The third-order valence-electron chi connectivity index (χ3n) is 6.64. The number of alkyl halides is 3. The summed E-state index contributed by atoms with van der Waals surface area (Å²) in [5.74, 6) is -1.15. The van der Waals surface area contributed by atoms with E-state index < -0.39 is 30.1 Å². The van der Waals surface area contributed by atoms with Crippen LogP contribution in [0.15, 0.2) is 30.3 Å². The summed E-state index contributed by atoms with van der Waals surface area (Å²) in [6.07, 6.45) is -1.83. The molecule has 2 aliphatic rings. The second kappa shape index (κ2) is 10.3. The van der Waals surface area contributed by atoms with Crippen LogP contribution in [-0.4, -0.2) is 33.9 Å². The van der Waals surface area contributed by atoms with E-state index in [1.807, 2.05) is 0 Å². The molecule has 0 bridgehead atoms. The monoisotopic (exact) mass is 566 g/mol. The van der Waals surface area contributed by atoms with Crippen molar-refractivity contribution in [1.82, 2.24) is 9.78 Å². The van der Waals surface area contributed by atoms with Gasteiger partial charge in [-0.25, -0.2) is 9.48 Å². The number of rotatable bonds is 5. The molecule has 3 heterocycles. The summed E-state index contributed by atoms with van der Waals surface area (Å²) in [6.45, 7) is 3.48. The highest BCUT2D eigenvalue weighted by Crippen LogP contribution is 2.44. The largest absolute Gasteiger partial charge is 0.459 e. The predicted molar refractivity (Wildman–Crippen MR) is 139 cm³/mol. The molecular formula is C26H26ClF3N4O3S. The van der Waals surface area contributed by atoms with E-state index in [1.54, 1.807) is 38.1 Å². The fourth-order valence-corrected chi connectivity index (χ4v) is 6.31. The summed E-state index contributed by atoms with van der Waals surface area (Å²) >= 11 is 7.24. The van der Waals surface area contributed by atoms with Crippen LogP contribution in [-0.2, 0) is 17.6 Å². The highest BCUT2D eigenvalue weighted by molar-refractivity contribution is 7.17. The van der Waals surface area contributed by atoms with Gasteiger partial charge in [0, 0.05) is 22.4 Å². The molecule has 1 aliphatic heterocycles. The van der Waals surface area contributed by atoms with Gasteiger partial charge in [0.1, 0.15) is 10.8 Å². The number of hydrogen-bond acceptors (Lipinski definition) is 6. The van der Waals surface area contributed by atoms with Crippen LogP contribution in [0.4, 0.5) is 24.0 Å². The molecule has 0 fully saturated rings. The van der Waals surface area contributed by atoms with Crippen molar-refractivity contribution in [3.63, 3.8) is 0 Å². The van der Waals surface area contributed by atoms with Crippen molar-refractivity contribution in [1.29, 1.82) is 0 Å². The second-order valence-corrected chi connectivity index (χ2v) is 11.3. The third kappa shape index (κ3) is 5.26. The maximum absolute atomic E-state index is 14.0. The zero-order valence-electron chi connectivity index (χ0n) is 20.7. The molecule has 202 valence electrons. The van der Waals surface area contributed by atoms with E-state index in [2.05, 4.69) is 15.7 Å². The molecule has 12 heteroatoms. The normalized spacial score (nSPS) is 18.9. The fourth-order valence-electron chi connectivity index (χ4n) is 4.91. The molecule has 7 nitrogen and oxygen atoms in total. The van der Waals surface area contributed by atoms with Gasteiger partial charge in [-0.3, -0.25) is 4.79 Å². The van der Waals surface area contributed by atoms with E-state index in [0.29, 0.717) is 27.6 Å². The molecule has 1 amide bonds. The molecule has 1 aliphatic carbocycles. The van der Waals surface area contributed by atoms with Crippen LogP contribution in [0.5, 0.6) is 0 Å². The SMILES string of the molecule is CC(C)OC(=O)c1c(NC(=O)c2cc3n(n2)[C@@H](C(F)(F)F)C[C@H](c2ccc(Cl)cc2)N3)sc2c1CCCC2. The first-order valence-corrected chi connectivity index (χ1v) is 13.6. The molecule has 0 saturated heterocycles. The number of fused-ring (bicyclic) bond motifs is 2. The van der Waals surface area contributed by atoms with Crippen LogP contribution in [0.2, 0.25) is 5.02 Å². The number of thiophene rings is 1. The summed E-state index contributed by atoms with van der Waals surface area (Å²) in [5, 5.41) is 10.6. The topological polar surface area (TPSA) is 85.2 Å². The van der Waals surface area contributed by atoms with Gasteiger partial charge in [0.2, 0.25) is 0 Å². The van der Waals surface area contributed by atoms with E-state index in [4.69, 9.17) is 16.3 Å². The van der Waals surface area contributed by atoms with Crippen molar-refractivity contribution in [3.05, 3.63) is 62.6 Å². The number of aromatic nitrogens is 2. The maximum Gasteiger partial charge on any atom is 0.410 e. The van der Waals surface area contributed by atoms with Gasteiger partial charge in [-0.1, -0.05) is 23.7 Å². The Labute approximate surface area is 226 Å². The molecule has 0 saturated carbocycles. The van der Waals surface area contributed by atoms with Gasteiger partial charge in [0.05, 0.1) is 17.7 Å². The lowest BCUT2D eigenvalue weighted by Gasteiger charge is -2.33. The van der Waals surface area contributed by atoms with Crippen molar-refractivity contribution in [2.75, 3.05) is 10.6 Å². The number of aryl methyl sites for hydroxylation is 1. The number of nitrogens with one attached hydrogen (secondary N) is 2. The van der Waals surface area contributed by atoms with Crippen molar-refractivity contribution < 1.29 is 27.5 Å². The molecule has 5 rings (SSSR count). The van der Waals surface area contributed by atoms with Gasteiger partial charge in [0.25, 0.3) is 5.91 Å². The lowest BCUT2D eigenvalue weighted by molar-refractivity contribution is -0.173. The molecule has 2 atom stereocenters. The van der Waals surface area contributed by atoms with Gasteiger partial charge < -0.3 is 15.4 Å². The number of anilines is 2. The summed E-state index contributed by atoms with van der Waals surface area (Å²) in [6, 6.07) is 5.30. The van der Waals surface area contributed by atoms with E-state index in [9.17, 15) is 22.8 Å². The van der Waals surface area contributed by atoms with Gasteiger partial charge >= 0.3 is 12.1 Å². The van der Waals surface area contributed by atoms with Crippen LogP contribution in [0.1, 0.15) is 82.0 Å². The number of carbonyl (C=O) groups is 2. The smallest absolute Gasteiger partial charge is 0.410 e. The minimum atomic E-state index is -4.58. The van der Waals surface area contributed by atoms with Crippen LogP contribution in [0.3, 0.4) is 0 Å². The number of ether oxygens (including phenoxy) is 1. The molecule has 1 aromatic carbocycles. The first kappa shape index (κ1) is 26.6. The summed E-state index contributed by atoms with van der Waals surface area (Å²) in [5.41, 5.74) is 1.65. The molecule has 38 heavy (non-hydrogen) atoms. The Balaban J connectivity index is 1.45. The van der Waals surface area contributed by atoms with Crippen molar-refractivity contribution >= 4 is 45.6 Å². The standard InChI is InChI=1S/C26H26ClF3N4O3S/c1-13(2)37-25(36)22-16-5-3-4-6-19(16)38-24(22)32-23(35)18-12-21-31-17(14-7-9-15(27)10-8-14)11-20(26(28,29)30)34(21)33-18/h7-10,12-13,17,20,31H,3-6,11H2,1-2H3,(H,32,35)/t17-,20-/m1/s1. The maximum atomic E-state index is 14.0. The average Bonchev–Trinajstić information content (AvgIpc) is 3.44. The minimum absolute atomic E-state index is 0.0774. The van der Waals surface area contributed by atoms with Crippen molar-refractivity contribution in [2.45, 2.75) is 70.3 Å². The number of benzene rings is 1. The van der Waals surface area contributed by atoms with Crippen LogP contribution in [0, 0.1) is 0 Å². The summed E-state index contributed by atoms with van der Waals surface area (Å²) in [4.78, 5) is 27.1. The Hall–Kier alpha value is -3.05. The van der Waals surface area contributed by atoms with Crippen molar-refractivity contribution in [3.8, 4) is 0 Å². The quantitative estimate of drug-likeness (QED) is 0.326. The van der Waals surface area contributed by atoms with Crippen molar-refractivity contribution in [2.24, 2.45) is 0 Å². The number of esters is 1. The fraction of sp³-hybridized carbons (Fsp3) is 0.423. The number of amides is 1. The number of nitrogens with zero attached hydrogens (tertiary/aromatic N) is 2. The van der Waals surface area contributed by atoms with Crippen LogP contribution >= 0.6 is 22.9 Å². The zero-order valence-corrected chi connectivity index (χ0v) is 22.3. The molecule has 0 radical (unpaired) electrons. The van der Waals surface area contributed by atoms with Crippen LogP contribution in [0.25, 0.3) is 0 Å². The van der Waals surface area contributed by atoms with Gasteiger partial charge in [-0.05, 0) is 62.8 Å². The Morgan fingerprint density at radius 1 is 1.21 bits per heavy atom. The number of carbonyl (C=O) groups excluding carboxylic acids is 2. The molecule has 2 N–H and O–H groups in total. The highest BCUT2D eigenvalue weighted by Gasteiger charge is 2.47. The van der Waals surface area contributed by atoms with E-state index in [1.165, 1.54) is 17.4 Å². The summed E-state index contributed by atoms with van der Waals surface area (Å²) in [7, 11) is 0. The molecule has 0 unspecified atom stereocenters. The number of hydrogen-bond donors (Lipinski definition) is 2. The molecular weight excluding hydrogens is 541 g/mol. The van der Waals surface area contributed by atoms with Crippen LogP contribution < -0.4 is 10.6 Å². The highest BCUT2D eigenvalue weighted by atomic mass is 35.5. The molecule has 3 aromatic rings. The van der Waals surface area contributed by atoms with E-state index in [-0.39, 0.29) is 24.0 Å². The Morgan fingerprint density at radius 3 is 2.61 bits per heavy atom. The first-order valence-electron chi connectivity index (χ1n) is 12.4. The Bertz CT molecular complexity index is 1370. The third-order valence-corrected chi connectivity index (χ3v) is 8.10. The Morgan fingerprint density at radius 2 is 1.92 bits per heavy atom. The van der Waals surface area contributed by atoms with Gasteiger partial charge in [-0.2, -0.15) is 18.3 Å². The van der Waals surface area contributed by atoms with E-state index >= 15 is 0 Å². The number of halogens is 4. The van der Waals surface area contributed by atoms with E-state index in [0.717, 1.165) is 34.4 Å². The second-order valence-electron chi connectivity index (χ2n) is 9.72. The minimum Gasteiger partial charge on any atom is -0.459 e.